The molecule has 1 amide bonds. The zero-order chi connectivity index (χ0) is 11.8. The zero-order valence-electron chi connectivity index (χ0n) is 10.3. The van der Waals surface area contributed by atoms with Crippen molar-refractivity contribution in [2.24, 2.45) is 5.92 Å². The van der Waals surface area contributed by atoms with Crippen molar-refractivity contribution in [3.63, 3.8) is 0 Å². The van der Waals surface area contributed by atoms with E-state index in [0.29, 0.717) is 17.9 Å². The van der Waals surface area contributed by atoms with Crippen LogP contribution < -0.4 is 0 Å². The van der Waals surface area contributed by atoms with Crippen LogP contribution in [0.1, 0.15) is 50.6 Å². The van der Waals surface area contributed by atoms with Crippen molar-refractivity contribution in [1.29, 1.82) is 0 Å². The largest absolute Gasteiger partial charge is 0.472 e. The van der Waals surface area contributed by atoms with Crippen LogP contribution in [0, 0.1) is 5.92 Å². The molecular weight excluding hydrogens is 214 g/mol. The van der Waals surface area contributed by atoms with Gasteiger partial charge in [0.2, 0.25) is 5.91 Å². The van der Waals surface area contributed by atoms with Gasteiger partial charge in [0.25, 0.3) is 0 Å². The molecule has 0 aromatic carbocycles. The highest BCUT2D eigenvalue weighted by molar-refractivity contribution is 5.78. The predicted octanol–water partition coefficient (Wildman–Crippen LogP) is 3.13. The number of furan rings is 1. The van der Waals surface area contributed by atoms with E-state index < -0.39 is 0 Å². The van der Waals surface area contributed by atoms with Crippen molar-refractivity contribution in [2.45, 2.75) is 51.1 Å². The van der Waals surface area contributed by atoms with Crippen LogP contribution in [0.5, 0.6) is 0 Å². The zero-order valence-corrected chi connectivity index (χ0v) is 10.3. The molecule has 3 nitrogen and oxygen atoms in total. The molecule has 3 heterocycles. The molecule has 0 unspecified atom stereocenters. The maximum Gasteiger partial charge on any atom is 0.223 e. The quantitative estimate of drug-likeness (QED) is 0.746. The minimum absolute atomic E-state index is 0.253. The van der Waals surface area contributed by atoms with Gasteiger partial charge in [-0.1, -0.05) is 6.92 Å². The standard InChI is InChI=1S/C14H19NO2/c1-10-5-6-13(11-7-8-17-9-11)15-12(10)3-2-4-14(15)16/h7-10,12-13H,2-6H2,1H3/t10-,12+,13+/m1/s1. The average Bonchev–Trinajstić information content (AvgIpc) is 2.84. The lowest BCUT2D eigenvalue weighted by molar-refractivity contribution is -0.144. The van der Waals surface area contributed by atoms with E-state index in [4.69, 9.17) is 4.42 Å². The van der Waals surface area contributed by atoms with Crippen LogP contribution in [-0.2, 0) is 4.79 Å². The Labute approximate surface area is 102 Å². The molecule has 0 spiro atoms. The third-order valence-electron chi connectivity index (χ3n) is 4.35. The van der Waals surface area contributed by atoms with E-state index in [2.05, 4.69) is 11.8 Å². The lowest BCUT2D eigenvalue weighted by atomic mass is 9.80. The molecule has 17 heavy (non-hydrogen) atoms. The molecule has 2 aliphatic heterocycles. The fourth-order valence-electron chi connectivity index (χ4n) is 3.42. The summed E-state index contributed by atoms with van der Waals surface area (Å²) in [5, 5.41) is 0. The van der Waals surface area contributed by atoms with Gasteiger partial charge in [0.15, 0.2) is 0 Å². The summed E-state index contributed by atoms with van der Waals surface area (Å²) >= 11 is 0. The van der Waals surface area contributed by atoms with E-state index in [1.807, 2.05) is 6.07 Å². The molecular formula is C14H19NO2. The van der Waals surface area contributed by atoms with Crippen LogP contribution in [-0.4, -0.2) is 16.8 Å². The van der Waals surface area contributed by atoms with E-state index in [1.54, 1.807) is 12.5 Å². The first-order chi connectivity index (χ1) is 8.27. The van der Waals surface area contributed by atoms with Crippen molar-refractivity contribution in [3.8, 4) is 0 Å². The number of hydrogen-bond acceptors (Lipinski definition) is 2. The first-order valence-corrected chi connectivity index (χ1v) is 6.60. The summed E-state index contributed by atoms with van der Waals surface area (Å²) in [5.74, 6) is 0.974. The average molecular weight is 233 g/mol. The maximum atomic E-state index is 12.2. The van der Waals surface area contributed by atoms with Gasteiger partial charge in [-0.25, -0.2) is 0 Å². The molecule has 92 valence electrons. The Morgan fingerprint density at radius 3 is 3.00 bits per heavy atom. The summed E-state index contributed by atoms with van der Waals surface area (Å²) in [6.45, 7) is 2.28. The van der Waals surface area contributed by atoms with Gasteiger partial charge in [0, 0.05) is 18.0 Å². The second kappa shape index (κ2) is 4.21. The number of carbonyl (C=O) groups excluding carboxylic acids is 1. The van der Waals surface area contributed by atoms with Crippen molar-refractivity contribution < 1.29 is 9.21 Å². The number of nitrogens with zero attached hydrogens (tertiary/aromatic N) is 1. The second-order valence-corrected chi connectivity index (χ2v) is 5.39. The Kier molecular flexibility index (Phi) is 2.69. The molecule has 3 rings (SSSR count). The van der Waals surface area contributed by atoms with Crippen LogP contribution in [0.4, 0.5) is 0 Å². The molecule has 3 heteroatoms. The van der Waals surface area contributed by atoms with E-state index in [9.17, 15) is 4.79 Å². The van der Waals surface area contributed by atoms with Crippen LogP contribution in [0.2, 0.25) is 0 Å². The van der Waals surface area contributed by atoms with Crippen molar-refractivity contribution in [2.75, 3.05) is 0 Å². The van der Waals surface area contributed by atoms with Crippen LogP contribution >= 0.6 is 0 Å². The lowest BCUT2D eigenvalue weighted by Gasteiger charge is -2.48. The summed E-state index contributed by atoms with van der Waals surface area (Å²) in [6, 6.07) is 2.70. The molecule has 1 aromatic rings. The van der Waals surface area contributed by atoms with Crippen molar-refractivity contribution in [3.05, 3.63) is 24.2 Å². The second-order valence-electron chi connectivity index (χ2n) is 5.39. The van der Waals surface area contributed by atoms with Gasteiger partial charge in [0.1, 0.15) is 0 Å². The SMILES string of the molecule is C[C@@H]1CC[C@@H](c2ccoc2)N2C(=O)CCC[C@@H]12. The fourth-order valence-corrected chi connectivity index (χ4v) is 3.42. The summed E-state index contributed by atoms with van der Waals surface area (Å²) < 4.78 is 5.17. The monoisotopic (exact) mass is 233 g/mol. The van der Waals surface area contributed by atoms with Gasteiger partial charge in [-0.05, 0) is 37.7 Å². The molecule has 2 fully saturated rings. The van der Waals surface area contributed by atoms with Gasteiger partial charge < -0.3 is 9.32 Å². The first kappa shape index (κ1) is 10.9. The highest BCUT2D eigenvalue weighted by atomic mass is 16.3. The third kappa shape index (κ3) is 1.78. The van der Waals surface area contributed by atoms with E-state index in [-0.39, 0.29) is 6.04 Å². The first-order valence-electron chi connectivity index (χ1n) is 6.60. The van der Waals surface area contributed by atoms with E-state index in [0.717, 1.165) is 24.8 Å². The third-order valence-corrected chi connectivity index (χ3v) is 4.35. The minimum Gasteiger partial charge on any atom is -0.472 e. The summed E-state index contributed by atoms with van der Waals surface area (Å²) in [7, 11) is 0. The van der Waals surface area contributed by atoms with Crippen LogP contribution in [0.25, 0.3) is 0 Å². The summed E-state index contributed by atoms with van der Waals surface area (Å²) in [6.07, 6.45) is 8.73. The van der Waals surface area contributed by atoms with Crippen molar-refractivity contribution in [1.82, 2.24) is 4.90 Å². The summed E-state index contributed by atoms with van der Waals surface area (Å²) in [5.41, 5.74) is 1.16. The number of rotatable bonds is 1. The number of fused-ring (bicyclic) bond motifs is 1. The number of piperidine rings is 2. The number of hydrogen-bond donors (Lipinski definition) is 0. The molecule has 0 radical (unpaired) electrons. The minimum atomic E-state index is 0.253. The summed E-state index contributed by atoms with van der Waals surface area (Å²) in [4.78, 5) is 14.3. The van der Waals surface area contributed by atoms with Gasteiger partial charge in [-0.15, -0.1) is 0 Å². The van der Waals surface area contributed by atoms with Gasteiger partial charge >= 0.3 is 0 Å². The van der Waals surface area contributed by atoms with Gasteiger partial charge in [-0.2, -0.15) is 0 Å². The normalized spacial score (nSPS) is 33.6. The van der Waals surface area contributed by atoms with Gasteiger partial charge in [-0.3, -0.25) is 4.79 Å². The van der Waals surface area contributed by atoms with E-state index in [1.165, 1.54) is 12.8 Å². The van der Waals surface area contributed by atoms with Crippen LogP contribution in [0.15, 0.2) is 23.0 Å². The number of carbonyl (C=O) groups is 1. The molecule has 0 bridgehead atoms. The highest BCUT2D eigenvalue weighted by Crippen LogP contribution is 2.41. The van der Waals surface area contributed by atoms with E-state index >= 15 is 0 Å². The smallest absolute Gasteiger partial charge is 0.223 e. The lowest BCUT2D eigenvalue weighted by Crippen LogP contribution is -2.51. The highest BCUT2D eigenvalue weighted by Gasteiger charge is 2.40. The Morgan fingerprint density at radius 2 is 2.24 bits per heavy atom. The maximum absolute atomic E-state index is 12.2. The fraction of sp³-hybridized carbons (Fsp3) is 0.643. The Bertz CT molecular complexity index is 398. The van der Waals surface area contributed by atoms with Gasteiger partial charge in [0.05, 0.1) is 18.6 Å². The molecule has 2 aliphatic rings. The Balaban J connectivity index is 1.91. The molecule has 0 saturated carbocycles. The predicted molar refractivity (Wildman–Crippen MR) is 64.3 cm³/mol. The molecule has 2 saturated heterocycles. The number of amides is 1. The molecule has 0 aliphatic carbocycles. The molecule has 3 atom stereocenters. The molecule has 1 aromatic heterocycles. The Hall–Kier alpha value is -1.25. The van der Waals surface area contributed by atoms with Crippen molar-refractivity contribution >= 4 is 5.91 Å². The molecule has 0 N–H and O–H groups in total. The van der Waals surface area contributed by atoms with Crippen LogP contribution in [0.3, 0.4) is 0 Å². The topological polar surface area (TPSA) is 33.5 Å². The Morgan fingerprint density at radius 1 is 1.35 bits per heavy atom.